The standard InChI is InChI=1S/C15H15N5O2S/c1-20-13(9-17-14(21)12-6-4-8-22-12)18-19-15(20)23-10-11-5-2-3-7-16-11/h2-8H,9-10H2,1H3,(H,17,21). The van der Waals surface area contributed by atoms with Crippen molar-refractivity contribution in [2.75, 3.05) is 0 Å². The molecule has 7 nitrogen and oxygen atoms in total. The van der Waals surface area contributed by atoms with Crippen molar-refractivity contribution in [3.8, 4) is 0 Å². The molecular weight excluding hydrogens is 314 g/mol. The normalized spacial score (nSPS) is 10.7. The van der Waals surface area contributed by atoms with Crippen LogP contribution in [0.5, 0.6) is 0 Å². The van der Waals surface area contributed by atoms with Gasteiger partial charge in [-0.15, -0.1) is 10.2 Å². The number of hydrogen-bond donors (Lipinski definition) is 1. The van der Waals surface area contributed by atoms with Crippen molar-refractivity contribution < 1.29 is 9.21 Å². The van der Waals surface area contributed by atoms with Gasteiger partial charge in [-0.25, -0.2) is 0 Å². The Kier molecular flexibility index (Phi) is 4.72. The zero-order valence-corrected chi connectivity index (χ0v) is 13.3. The van der Waals surface area contributed by atoms with Crippen LogP contribution in [0.3, 0.4) is 0 Å². The van der Waals surface area contributed by atoms with Crippen molar-refractivity contribution in [1.82, 2.24) is 25.1 Å². The first-order valence-corrected chi connectivity index (χ1v) is 7.95. The van der Waals surface area contributed by atoms with Gasteiger partial charge in [0.2, 0.25) is 0 Å². The van der Waals surface area contributed by atoms with Gasteiger partial charge in [0.15, 0.2) is 16.7 Å². The van der Waals surface area contributed by atoms with Gasteiger partial charge in [-0.3, -0.25) is 9.78 Å². The number of hydrogen-bond acceptors (Lipinski definition) is 6. The monoisotopic (exact) mass is 329 g/mol. The molecule has 3 rings (SSSR count). The Bertz CT molecular complexity index is 771. The summed E-state index contributed by atoms with van der Waals surface area (Å²) in [6, 6.07) is 9.09. The summed E-state index contributed by atoms with van der Waals surface area (Å²) in [6.07, 6.45) is 3.23. The lowest BCUT2D eigenvalue weighted by Crippen LogP contribution is -2.24. The van der Waals surface area contributed by atoms with E-state index in [-0.39, 0.29) is 18.2 Å². The Labute approximate surface area is 137 Å². The van der Waals surface area contributed by atoms with E-state index in [1.807, 2.05) is 29.8 Å². The van der Waals surface area contributed by atoms with Crippen LogP contribution in [0.15, 0.2) is 52.4 Å². The van der Waals surface area contributed by atoms with Gasteiger partial charge in [0.05, 0.1) is 18.5 Å². The molecule has 3 aromatic rings. The molecule has 0 saturated heterocycles. The van der Waals surface area contributed by atoms with Gasteiger partial charge >= 0.3 is 0 Å². The van der Waals surface area contributed by atoms with E-state index in [0.29, 0.717) is 11.6 Å². The number of carbonyl (C=O) groups excluding carboxylic acids is 1. The molecule has 23 heavy (non-hydrogen) atoms. The minimum Gasteiger partial charge on any atom is -0.459 e. The largest absolute Gasteiger partial charge is 0.459 e. The summed E-state index contributed by atoms with van der Waals surface area (Å²) < 4.78 is 6.90. The number of amides is 1. The first kappa shape index (κ1) is 15.3. The molecule has 0 aliphatic heterocycles. The average Bonchev–Trinajstić information content (AvgIpc) is 3.22. The number of nitrogens with one attached hydrogen (secondary N) is 1. The second kappa shape index (κ2) is 7.10. The molecule has 0 saturated carbocycles. The van der Waals surface area contributed by atoms with Gasteiger partial charge in [0.1, 0.15) is 0 Å². The summed E-state index contributed by atoms with van der Waals surface area (Å²) in [5.41, 5.74) is 0.980. The van der Waals surface area contributed by atoms with Crippen LogP contribution in [0, 0.1) is 0 Å². The van der Waals surface area contributed by atoms with E-state index < -0.39 is 0 Å². The van der Waals surface area contributed by atoms with E-state index in [9.17, 15) is 4.79 Å². The van der Waals surface area contributed by atoms with Crippen LogP contribution in [-0.4, -0.2) is 25.7 Å². The van der Waals surface area contributed by atoms with Crippen molar-refractivity contribution in [1.29, 1.82) is 0 Å². The molecule has 8 heteroatoms. The second-order valence-electron chi connectivity index (χ2n) is 4.73. The average molecular weight is 329 g/mol. The van der Waals surface area contributed by atoms with Gasteiger partial charge in [0.25, 0.3) is 5.91 Å². The van der Waals surface area contributed by atoms with Crippen molar-refractivity contribution in [2.45, 2.75) is 17.5 Å². The Balaban J connectivity index is 1.57. The van der Waals surface area contributed by atoms with Gasteiger partial charge in [-0.1, -0.05) is 17.8 Å². The van der Waals surface area contributed by atoms with Gasteiger partial charge in [0, 0.05) is 19.0 Å². The Morgan fingerprint density at radius 2 is 2.22 bits per heavy atom. The Morgan fingerprint density at radius 1 is 1.30 bits per heavy atom. The third-order valence-corrected chi connectivity index (χ3v) is 4.21. The lowest BCUT2D eigenvalue weighted by Gasteiger charge is -2.04. The third-order valence-electron chi connectivity index (χ3n) is 3.15. The van der Waals surface area contributed by atoms with Crippen LogP contribution in [0.4, 0.5) is 0 Å². The molecular formula is C15H15N5O2S. The van der Waals surface area contributed by atoms with Crippen LogP contribution in [0.1, 0.15) is 22.1 Å². The molecule has 118 valence electrons. The number of pyridine rings is 1. The smallest absolute Gasteiger partial charge is 0.287 e. The van der Waals surface area contributed by atoms with E-state index in [1.165, 1.54) is 6.26 Å². The number of furan rings is 1. The van der Waals surface area contributed by atoms with Gasteiger partial charge in [-0.05, 0) is 24.3 Å². The highest BCUT2D eigenvalue weighted by Gasteiger charge is 2.12. The minimum atomic E-state index is -0.277. The van der Waals surface area contributed by atoms with E-state index in [2.05, 4.69) is 20.5 Å². The van der Waals surface area contributed by atoms with Crippen LogP contribution >= 0.6 is 11.8 Å². The molecule has 0 aromatic carbocycles. The van der Waals surface area contributed by atoms with Crippen molar-refractivity contribution in [3.63, 3.8) is 0 Å². The quantitative estimate of drug-likeness (QED) is 0.696. The van der Waals surface area contributed by atoms with E-state index in [1.54, 1.807) is 30.1 Å². The molecule has 1 amide bonds. The van der Waals surface area contributed by atoms with Crippen LogP contribution in [0.25, 0.3) is 0 Å². The van der Waals surface area contributed by atoms with Crippen molar-refractivity contribution >= 4 is 17.7 Å². The summed E-state index contributed by atoms with van der Waals surface area (Å²) in [4.78, 5) is 16.1. The van der Waals surface area contributed by atoms with Crippen LogP contribution < -0.4 is 5.32 Å². The van der Waals surface area contributed by atoms with Crippen LogP contribution in [-0.2, 0) is 19.3 Å². The number of carbonyl (C=O) groups is 1. The Morgan fingerprint density at radius 3 is 2.96 bits per heavy atom. The van der Waals surface area contributed by atoms with Crippen LogP contribution in [0.2, 0.25) is 0 Å². The number of thioether (sulfide) groups is 1. The number of rotatable bonds is 6. The minimum absolute atomic E-state index is 0.275. The maximum atomic E-state index is 11.8. The SMILES string of the molecule is Cn1c(CNC(=O)c2ccco2)nnc1SCc1ccccn1. The van der Waals surface area contributed by atoms with E-state index >= 15 is 0 Å². The fourth-order valence-corrected chi connectivity index (χ4v) is 2.75. The van der Waals surface area contributed by atoms with Gasteiger partial charge in [-0.2, -0.15) is 0 Å². The predicted octanol–water partition coefficient (Wildman–Crippen LogP) is 2.03. The lowest BCUT2D eigenvalue weighted by atomic mass is 10.4. The molecule has 0 aliphatic rings. The maximum Gasteiger partial charge on any atom is 0.287 e. The molecule has 0 fully saturated rings. The molecule has 3 heterocycles. The summed E-state index contributed by atoms with van der Waals surface area (Å²) in [7, 11) is 1.87. The van der Waals surface area contributed by atoms with Gasteiger partial charge < -0.3 is 14.3 Å². The molecule has 0 spiro atoms. The zero-order valence-electron chi connectivity index (χ0n) is 12.5. The molecule has 0 atom stereocenters. The molecule has 3 aromatic heterocycles. The van der Waals surface area contributed by atoms with E-state index in [4.69, 9.17) is 4.42 Å². The molecule has 0 aliphatic carbocycles. The van der Waals surface area contributed by atoms with Crippen molar-refractivity contribution in [2.24, 2.45) is 7.05 Å². The fourth-order valence-electron chi connectivity index (χ4n) is 1.90. The molecule has 0 unspecified atom stereocenters. The molecule has 0 bridgehead atoms. The fraction of sp³-hybridized carbons (Fsp3) is 0.200. The summed E-state index contributed by atoms with van der Waals surface area (Å²) in [5, 5.41) is 11.8. The highest BCUT2D eigenvalue weighted by molar-refractivity contribution is 7.98. The van der Waals surface area contributed by atoms with Crippen molar-refractivity contribution in [3.05, 3.63) is 60.1 Å². The van der Waals surface area contributed by atoms with E-state index in [0.717, 1.165) is 10.9 Å². The third kappa shape index (κ3) is 3.78. The lowest BCUT2D eigenvalue weighted by molar-refractivity contribution is 0.0922. The highest BCUT2D eigenvalue weighted by Crippen LogP contribution is 2.19. The maximum absolute atomic E-state index is 11.8. The summed E-state index contributed by atoms with van der Waals surface area (Å²) >= 11 is 1.55. The summed E-state index contributed by atoms with van der Waals surface area (Å²) in [5.74, 6) is 1.39. The zero-order chi connectivity index (χ0) is 16.1. The summed E-state index contributed by atoms with van der Waals surface area (Å²) in [6.45, 7) is 0.285. The molecule has 1 N–H and O–H groups in total. The highest BCUT2D eigenvalue weighted by atomic mass is 32.2. The Hall–Kier alpha value is -2.61. The molecule has 0 radical (unpaired) electrons. The topological polar surface area (TPSA) is 85.8 Å². The first-order chi connectivity index (χ1) is 11.2. The number of nitrogens with zero attached hydrogens (tertiary/aromatic N) is 4. The first-order valence-electron chi connectivity index (χ1n) is 6.96. The number of aromatic nitrogens is 4. The second-order valence-corrected chi connectivity index (χ2v) is 5.67. The predicted molar refractivity (Wildman–Crippen MR) is 84.7 cm³/mol.